The predicted octanol–water partition coefficient (Wildman–Crippen LogP) is 3.43. The summed E-state index contributed by atoms with van der Waals surface area (Å²) in [5.74, 6) is -1.94. The maximum atomic E-state index is 12.8. The van der Waals surface area contributed by atoms with Gasteiger partial charge in [-0.1, -0.05) is 30.8 Å². The lowest BCUT2D eigenvalue weighted by molar-refractivity contribution is -0.124. The molecule has 0 aliphatic carbocycles. The lowest BCUT2D eigenvalue weighted by Gasteiger charge is -2.19. The molecular weight excluding hydrogens is 474 g/mol. The van der Waals surface area contributed by atoms with Crippen molar-refractivity contribution in [2.75, 3.05) is 20.2 Å². The van der Waals surface area contributed by atoms with Gasteiger partial charge in [-0.05, 0) is 56.2 Å². The van der Waals surface area contributed by atoms with Crippen molar-refractivity contribution in [1.82, 2.24) is 15.6 Å². The van der Waals surface area contributed by atoms with Crippen LogP contribution in [0.4, 0.5) is 0 Å². The van der Waals surface area contributed by atoms with Crippen LogP contribution in [0.2, 0.25) is 0 Å². The minimum absolute atomic E-state index is 0.0662. The zero-order valence-electron chi connectivity index (χ0n) is 21.2. The number of carbonyl (C=O) groups excluding carboxylic acids is 4. The second-order valence-corrected chi connectivity index (χ2v) is 9.18. The molecule has 0 bridgehead atoms. The number of carbonyl (C=O) groups is 4. The number of amides is 2. The number of ether oxygens (including phenoxy) is 2. The fourth-order valence-corrected chi connectivity index (χ4v) is 3.40. The highest BCUT2D eigenvalue weighted by molar-refractivity contribution is 6.07. The van der Waals surface area contributed by atoms with Crippen LogP contribution in [0.3, 0.4) is 0 Å². The van der Waals surface area contributed by atoms with Crippen molar-refractivity contribution in [3.63, 3.8) is 0 Å². The molecule has 2 N–H and O–H groups in total. The third kappa shape index (κ3) is 7.23. The van der Waals surface area contributed by atoms with Gasteiger partial charge in [-0.3, -0.25) is 19.4 Å². The SMILES string of the molecule is C=C(OC)C(=O)CNC(=O)CNC(=O)c1ccnc2cc(-c3cccc(C(=O)OC(C)(C)C)c3)ccc12. The van der Waals surface area contributed by atoms with Crippen LogP contribution in [0.25, 0.3) is 22.0 Å². The van der Waals surface area contributed by atoms with Crippen molar-refractivity contribution in [3.05, 3.63) is 78.2 Å². The fourth-order valence-electron chi connectivity index (χ4n) is 3.40. The smallest absolute Gasteiger partial charge is 0.338 e. The molecule has 0 atom stereocenters. The van der Waals surface area contributed by atoms with E-state index in [4.69, 9.17) is 9.47 Å². The number of hydrogen-bond acceptors (Lipinski definition) is 7. The van der Waals surface area contributed by atoms with E-state index in [0.717, 1.165) is 11.1 Å². The van der Waals surface area contributed by atoms with E-state index in [1.807, 2.05) is 39.0 Å². The highest BCUT2D eigenvalue weighted by Gasteiger charge is 2.19. The molecule has 37 heavy (non-hydrogen) atoms. The number of aromatic nitrogens is 1. The first-order chi connectivity index (χ1) is 17.5. The topological polar surface area (TPSA) is 124 Å². The Hall–Kier alpha value is -4.53. The minimum atomic E-state index is -0.603. The number of benzene rings is 2. The minimum Gasteiger partial charge on any atom is -0.494 e. The van der Waals surface area contributed by atoms with Crippen molar-refractivity contribution >= 4 is 34.5 Å². The van der Waals surface area contributed by atoms with Crippen LogP contribution in [0.15, 0.2) is 67.1 Å². The van der Waals surface area contributed by atoms with E-state index in [2.05, 4.69) is 22.2 Å². The van der Waals surface area contributed by atoms with Gasteiger partial charge in [0.15, 0.2) is 5.76 Å². The molecule has 0 aliphatic heterocycles. The molecule has 9 nitrogen and oxygen atoms in total. The van der Waals surface area contributed by atoms with Crippen LogP contribution in [0.5, 0.6) is 0 Å². The second kappa shape index (κ2) is 11.5. The molecule has 1 aromatic heterocycles. The summed E-state index contributed by atoms with van der Waals surface area (Å²) in [7, 11) is 1.31. The molecule has 3 rings (SSSR count). The molecule has 2 aromatic carbocycles. The Balaban J connectivity index is 1.73. The number of pyridine rings is 1. The maximum absolute atomic E-state index is 12.8. The molecule has 1 heterocycles. The molecule has 0 radical (unpaired) electrons. The van der Waals surface area contributed by atoms with Gasteiger partial charge in [-0.2, -0.15) is 0 Å². The number of rotatable bonds is 9. The van der Waals surface area contributed by atoms with Crippen LogP contribution in [0, 0.1) is 0 Å². The Morgan fingerprint density at radius 3 is 2.38 bits per heavy atom. The largest absolute Gasteiger partial charge is 0.494 e. The number of nitrogens with one attached hydrogen (secondary N) is 2. The molecule has 3 aromatic rings. The Kier molecular flexibility index (Phi) is 8.39. The lowest BCUT2D eigenvalue weighted by Crippen LogP contribution is -2.39. The number of methoxy groups -OCH3 is 1. The Labute approximate surface area is 214 Å². The third-order valence-corrected chi connectivity index (χ3v) is 5.23. The summed E-state index contributed by atoms with van der Waals surface area (Å²) >= 11 is 0. The van der Waals surface area contributed by atoms with E-state index < -0.39 is 29.2 Å². The summed E-state index contributed by atoms with van der Waals surface area (Å²) in [5.41, 5.74) is 2.35. The third-order valence-electron chi connectivity index (χ3n) is 5.23. The lowest BCUT2D eigenvalue weighted by atomic mass is 9.99. The van der Waals surface area contributed by atoms with E-state index in [9.17, 15) is 19.2 Å². The number of esters is 1. The Bertz CT molecular complexity index is 1370. The van der Waals surface area contributed by atoms with Gasteiger partial charge in [0.1, 0.15) is 5.60 Å². The predicted molar refractivity (Wildman–Crippen MR) is 139 cm³/mol. The molecular formula is C28H29N3O6. The van der Waals surface area contributed by atoms with Crippen molar-refractivity contribution < 1.29 is 28.7 Å². The molecule has 0 saturated carbocycles. The fraction of sp³-hybridized carbons (Fsp3) is 0.250. The van der Waals surface area contributed by atoms with Crippen molar-refractivity contribution in [3.8, 4) is 11.1 Å². The van der Waals surface area contributed by atoms with Gasteiger partial charge in [0, 0.05) is 11.6 Å². The van der Waals surface area contributed by atoms with Crippen LogP contribution >= 0.6 is 0 Å². The number of fused-ring (bicyclic) bond motifs is 1. The van der Waals surface area contributed by atoms with Crippen LogP contribution in [0.1, 0.15) is 41.5 Å². The second-order valence-electron chi connectivity index (χ2n) is 9.18. The summed E-state index contributed by atoms with van der Waals surface area (Å²) in [6.45, 7) is 8.26. The summed E-state index contributed by atoms with van der Waals surface area (Å²) < 4.78 is 10.2. The Morgan fingerprint density at radius 1 is 0.946 bits per heavy atom. The molecule has 0 saturated heterocycles. The number of nitrogens with zero attached hydrogens (tertiary/aromatic N) is 1. The average molecular weight is 504 g/mol. The molecule has 0 unspecified atom stereocenters. The van der Waals surface area contributed by atoms with E-state index in [-0.39, 0.29) is 18.8 Å². The zero-order chi connectivity index (χ0) is 27.2. The van der Waals surface area contributed by atoms with E-state index in [0.29, 0.717) is 22.0 Å². The van der Waals surface area contributed by atoms with Gasteiger partial charge in [0.2, 0.25) is 11.7 Å². The maximum Gasteiger partial charge on any atom is 0.338 e. The first kappa shape index (κ1) is 27.1. The molecule has 0 aliphatic rings. The average Bonchev–Trinajstić information content (AvgIpc) is 2.88. The Morgan fingerprint density at radius 2 is 1.68 bits per heavy atom. The first-order valence-corrected chi connectivity index (χ1v) is 11.5. The molecule has 0 fully saturated rings. The number of hydrogen-bond donors (Lipinski definition) is 2. The summed E-state index contributed by atoms with van der Waals surface area (Å²) in [6.07, 6.45) is 1.51. The molecule has 2 amide bonds. The van der Waals surface area contributed by atoms with E-state index in [1.54, 1.807) is 30.3 Å². The zero-order valence-corrected chi connectivity index (χ0v) is 21.2. The summed E-state index contributed by atoms with van der Waals surface area (Å²) in [4.78, 5) is 53.3. The van der Waals surface area contributed by atoms with E-state index >= 15 is 0 Å². The number of ketones is 1. The van der Waals surface area contributed by atoms with Gasteiger partial charge >= 0.3 is 5.97 Å². The van der Waals surface area contributed by atoms with Gasteiger partial charge in [0.25, 0.3) is 5.91 Å². The van der Waals surface area contributed by atoms with Crippen LogP contribution < -0.4 is 10.6 Å². The normalized spacial score (nSPS) is 10.9. The van der Waals surface area contributed by atoms with Gasteiger partial charge in [-0.25, -0.2) is 4.79 Å². The summed E-state index contributed by atoms with van der Waals surface area (Å²) in [5, 5.41) is 5.55. The van der Waals surface area contributed by atoms with Gasteiger partial charge in [0.05, 0.1) is 36.8 Å². The van der Waals surface area contributed by atoms with Gasteiger partial charge < -0.3 is 20.1 Å². The van der Waals surface area contributed by atoms with E-state index in [1.165, 1.54) is 13.3 Å². The molecule has 9 heteroatoms. The first-order valence-electron chi connectivity index (χ1n) is 11.5. The monoisotopic (exact) mass is 503 g/mol. The van der Waals surface area contributed by atoms with Crippen molar-refractivity contribution in [2.24, 2.45) is 0 Å². The highest BCUT2D eigenvalue weighted by atomic mass is 16.6. The highest BCUT2D eigenvalue weighted by Crippen LogP contribution is 2.26. The molecule has 0 spiro atoms. The van der Waals surface area contributed by atoms with Crippen LogP contribution in [-0.4, -0.2) is 54.4 Å². The summed E-state index contributed by atoms with van der Waals surface area (Å²) in [6, 6.07) is 14.1. The quantitative estimate of drug-likeness (QED) is 0.260. The number of Topliss-reactive ketones (excluding diaryl/α,β-unsaturated/α-hetero) is 1. The van der Waals surface area contributed by atoms with Crippen LogP contribution in [-0.2, 0) is 19.1 Å². The molecule has 192 valence electrons. The van der Waals surface area contributed by atoms with Crippen molar-refractivity contribution in [1.29, 1.82) is 0 Å². The van der Waals surface area contributed by atoms with Gasteiger partial charge in [-0.15, -0.1) is 0 Å². The standard InChI is InChI=1S/C28H29N3O6/c1-17(36-5)24(32)15-30-25(33)16-31-26(34)22-11-12-29-23-14-19(9-10-21(22)23)18-7-6-8-20(13-18)27(35)37-28(2,3)4/h6-14H,1,15-16H2,2-5H3,(H,30,33)(H,31,34). The van der Waals surface area contributed by atoms with Crippen molar-refractivity contribution in [2.45, 2.75) is 26.4 Å².